The lowest BCUT2D eigenvalue weighted by atomic mass is 10.1. The van der Waals surface area contributed by atoms with Crippen molar-refractivity contribution >= 4 is 17.3 Å². The summed E-state index contributed by atoms with van der Waals surface area (Å²) < 4.78 is 0. The van der Waals surface area contributed by atoms with Crippen LogP contribution in [0.4, 0.5) is 5.69 Å². The van der Waals surface area contributed by atoms with Crippen LogP contribution in [0, 0.1) is 0 Å². The van der Waals surface area contributed by atoms with Crippen molar-refractivity contribution in [2.45, 2.75) is 6.42 Å². The van der Waals surface area contributed by atoms with Crippen molar-refractivity contribution in [2.24, 2.45) is 0 Å². The fourth-order valence-corrected chi connectivity index (χ4v) is 1.69. The SMILES string of the molecule is ON1C(CCl)=CCc2ccccc21. The maximum atomic E-state index is 9.70. The minimum atomic E-state index is 0.338. The van der Waals surface area contributed by atoms with E-state index >= 15 is 0 Å². The Kier molecular flexibility index (Phi) is 2.25. The molecule has 0 amide bonds. The van der Waals surface area contributed by atoms with Crippen molar-refractivity contribution < 1.29 is 5.21 Å². The van der Waals surface area contributed by atoms with E-state index in [2.05, 4.69) is 0 Å². The van der Waals surface area contributed by atoms with E-state index in [1.807, 2.05) is 30.3 Å². The van der Waals surface area contributed by atoms with E-state index in [1.54, 1.807) is 0 Å². The molecular formula is C10H10ClNO. The van der Waals surface area contributed by atoms with Gasteiger partial charge in [-0.1, -0.05) is 24.3 Å². The van der Waals surface area contributed by atoms with Gasteiger partial charge in [0.2, 0.25) is 0 Å². The molecule has 0 aliphatic carbocycles. The second kappa shape index (κ2) is 3.40. The Morgan fingerprint density at radius 2 is 2.15 bits per heavy atom. The number of benzene rings is 1. The van der Waals surface area contributed by atoms with Gasteiger partial charge in [0.1, 0.15) is 0 Å². The molecule has 3 heteroatoms. The van der Waals surface area contributed by atoms with Crippen LogP contribution in [-0.4, -0.2) is 11.1 Å². The number of alkyl halides is 1. The van der Waals surface area contributed by atoms with Gasteiger partial charge < -0.3 is 0 Å². The Balaban J connectivity index is 2.41. The molecule has 0 aromatic heterocycles. The Morgan fingerprint density at radius 3 is 2.92 bits per heavy atom. The lowest BCUT2D eigenvalue weighted by Gasteiger charge is -2.25. The molecular weight excluding hydrogens is 186 g/mol. The maximum absolute atomic E-state index is 9.70. The quantitative estimate of drug-likeness (QED) is 0.697. The van der Waals surface area contributed by atoms with E-state index in [4.69, 9.17) is 11.6 Å². The van der Waals surface area contributed by atoms with Crippen LogP contribution in [0.2, 0.25) is 0 Å². The van der Waals surface area contributed by atoms with Crippen molar-refractivity contribution in [3.05, 3.63) is 41.6 Å². The summed E-state index contributed by atoms with van der Waals surface area (Å²) in [6, 6.07) is 7.75. The topological polar surface area (TPSA) is 23.5 Å². The summed E-state index contributed by atoms with van der Waals surface area (Å²) >= 11 is 5.67. The lowest BCUT2D eigenvalue weighted by molar-refractivity contribution is 0.281. The van der Waals surface area contributed by atoms with E-state index in [-0.39, 0.29) is 0 Å². The molecule has 2 rings (SSSR count). The normalized spacial score (nSPS) is 15.2. The van der Waals surface area contributed by atoms with Gasteiger partial charge in [-0.25, -0.2) is 5.06 Å². The molecule has 1 aliphatic rings. The number of allylic oxidation sites excluding steroid dienone is 2. The van der Waals surface area contributed by atoms with Gasteiger partial charge in [0.15, 0.2) is 0 Å². The van der Waals surface area contributed by atoms with Gasteiger partial charge in [-0.3, -0.25) is 5.21 Å². The summed E-state index contributed by atoms with van der Waals surface area (Å²) in [6.45, 7) is 0. The Bertz CT molecular complexity index is 349. The van der Waals surface area contributed by atoms with Gasteiger partial charge in [0.25, 0.3) is 0 Å². The Morgan fingerprint density at radius 1 is 1.38 bits per heavy atom. The highest BCUT2D eigenvalue weighted by atomic mass is 35.5. The molecule has 0 unspecified atom stereocenters. The number of nitrogens with zero attached hydrogens (tertiary/aromatic N) is 1. The van der Waals surface area contributed by atoms with Crippen molar-refractivity contribution in [3.63, 3.8) is 0 Å². The zero-order valence-electron chi connectivity index (χ0n) is 7.07. The van der Waals surface area contributed by atoms with Crippen LogP contribution in [0.1, 0.15) is 5.56 Å². The molecule has 0 radical (unpaired) electrons. The van der Waals surface area contributed by atoms with Crippen LogP contribution in [-0.2, 0) is 6.42 Å². The summed E-state index contributed by atoms with van der Waals surface area (Å²) in [5, 5.41) is 10.9. The first-order chi connectivity index (χ1) is 6.33. The van der Waals surface area contributed by atoms with Gasteiger partial charge in [-0.15, -0.1) is 11.6 Å². The van der Waals surface area contributed by atoms with Gasteiger partial charge in [-0.2, -0.15) is 0 Å². The summed E-state index contributed by atoms with van der Waals surface area (Å²) in [5.41, 5.74) is 2.71. The fourth-order valence-electron chi connectivity index (χ4n) is 1.47. The molecule has 0 saturated heterocycles. The van der Waals surface area contributed by atoms with Crippen LogP contribution in [0.25, 0.3) is 0 Å². The number of para-hydroxylation sites is 1. The number of anilines is 1. The third kappa shape index (κ3) is 1.43. The van der Waals surface area contributed by atoms with Gasteiger partial charge in [0.05, 0.1) is 17.3 Å². The van der Waals surface area contributed by atoms with Crippen LogP contribution in [0.5, 0.6) is 0 Å². The largest absolute Gasteiger partial charge is 0.284 e. The first-order valence-corrected chi connectivity index (χ1v) is 4.68. The number of hydrogen-bond donors (Lipinski definition) is 1. The molecule has 68 valence electrons. The van der Waals surface area contributed by atoms with Crippen molar-refractivity contribution in [3.8, 4) is 0 Å². The number of halogens is 1. The predicted molar refractivity (Wildman–Crippen MR) is 53.2 cm³/mol. The second-order valence-corrected chi connectivity index (χ2v) is 3.24. The molecule has 1 aromatic carbocycles. The molecule has 0 atom stereocenters. The zero-order valence-corrected chi connectivity index (χ0v) is 7.83. The first kappa shape index (κ1) is 8.60. The monoisotopic (exact) mass is 195 g/mol. The van der Waals surface area contributed by atoms with Crippen LogP contribution in [0.3, 0.4) is 0 Å². The lowest BCUT2D eigenvalue weighted by Crippen LogP contribution is -2.22. The van der Waals surface area contributed by atoms with E-state index in [0.29, 0.717) is 5.88 Å². The van der Waals surface area contributed by atoms with Crippen molar-refractivity contribution in [1.29, 1.82) is 0 Å². The van der Waals surface area contributed by atoms with Crippen LogP contribution < -0.4 is 5.06 Å². The van der Waals surface area contributed by atoms with E-state index in [9.17, 15) is 5.21 Å². The minimum Gasteiger partial charge on any atom is -0.284 e. The highest BCUT2D eigenvalue weighted by Gasteiger charge is 2.16. The van der Waals surface area contributed by atoms with Gasteiger partial charge in [0, 0.05) is 0 Å². The molecule has 0 bridgehead atoms. The average Bonchev–Trinajstić information content (AvgIpc) is 2.19. The third-order valence-electron chi connectivity index (χ3n) is 2.19. The summed E-state index contributed by atoms with van der Waals surface area (Å²) in [5.74, 6) is 0.338. The number of hydrogen-bond acceptors (Lipinski definition) is 2. The Labute approximate surface area is 82.0 Å². The second-order valence-electron chi connectivity index (χ2n) is 2.97. The predicted octanol–water partition coefficient (Wildman–Crippen LogP) is 2.56. The smallest absolute Gasteiger partial charge is 0.0724 e. The highest BCUT2D eigenvalue weighted by molar-refractivity contribution is 6.19. The zero-order chi connectivity index (χ0) is 9.26. The summed E-state index contributed by atoms with van der Waals surface area (Å²) in [4.78, 5) is 0. The van der Waals surface area contributed by atoms with E-state index in [0.717, 1.165) is 28.4 Å². The molecule has 2 nitrogen and oxygen atoms in total. The first-order valence-electron chi connectivity index (χ1n) is 4.15. The molecule has 1 aromatic rings. The Hall–Kier alpha value is -0.990. The maximum Gasteiger partial charge on any atom is 0.0724 e. The molecule has 0 spiro atoms. The molecule has 1 aliphatic heterocycles. The van der Waals surface area contributed by atoms with E-state index in [1.165, 1.54) is 0 Å². The minimum absolute atomic E-state index is 0.338. The standard InChI is InChI=1S/C10H10ClNO/c11-7-9-6-5-8-3-1-2-4-10(8)12(9)13/h1-4,6,13H,5,7H2. The molecule has 13 heavy (non-hydrogen) atoms. The third-order valence-corrected chi connectivity index (χ3v) is 2.46. The van der Waals surface area contributed by atoms with Crippen LogP contribution in [0.15, 0.2) is 36.0 Å². The number of hydroxylamine groups is 1. The summed E-state index contributed by atoms with van der Waals surface area (Å²) in [6.07, 6.45) is 2.78. The summed E-state index contributed by atoms with van der Waals surface area (Å²) in [7, 11) is 0. The highest BCUT2D eigenvalue weighted by Crippen LogP contribution is 2.27. The molecule has 1 heterocycles. The van der Waals surface area contributed by atoms with Crippen molar-refractivity contribution in [1.82, 2.24) is 0 Å². The number of rotatable bonds is 1. The van der Waals surface area contributed by atoms with E-state index < -0.39 is 0 Å². The van der Waals surface area contributed by atoms with Gasteiger partial charge in [-0.05, 0) is 18.1 Å². The van der Waals surface area contributed by atoms with Gasteiger partial charge >= 0.3 is 0 Å². The molecule has 0 saturated carbocycles. The number of fused-ring (bicyclic) bond motifs is 1. The molecule has 0 fully saturated rings. The van der Waals surface area contributed by atoms with Crippen LogP contribution >= 0.6 is 11.6 Å². The van der Waals surface area contributed by atoms with Crippen molar-refractivity contribution in [2.75, 3.05) is 10.9 Å². The fraction of sp³-hybridized carbons (Fsp3) is 0.200. The molecule has 1 N–H and O–H groups in total. The average molecular weight is 196 g/mol.